The highest BCUT2D eigenvalue weighted by Gasteiger charge is 2.31. The van der Waals surface area contributed by atoms with Gasteiger partial charge in [0, 0.05) is 41.7 Å². The second-order valence-corrected chi connectivity index (χ2v) is 10.4. The van der Waals surface area contributed by atoms with Crippen molar-refractivity contribution in [3.05, 3.63) is 65.2 Å². The minimum Gasteiger partial charge on any atom is -0.486 e. The fourth-order valence-corrected chi connectivity index (χ4v) is 5.19. The van der Waals surface area contributed by atoms with Crippen molar-refractivity contribution >= 4 is 22.9 Å². The van der Waals surface area contributed by atoms with Gasteiger partial charge in [-0.25, -0.2) is 9.78 Å². The number of carboxylic acid groups (broad SMARTS) is 1. The van der Waals surface area contributed by atoms with Crippen molar-refractivity contribution in [2.24, 2.45) is 0 Å². The normalized spacial score (nSPS) is 17.8. The first-order chi connectivity index (χ1) is 18.8. The largest absolute Gasteiger partial charge is 0.486 e. The molecule has 0 bridgehead atoms. The van der Waals surface area contributed by atoms with Crippen molar-refractivity contribution in [2.45, 2.75) is 38.0 Å². The molecule has 3 aromatic rings. The van der Waals surface area contributed by atoms with Crippen LogP contribution in [0.25, 0.3) is 17.0 Å². The summed E-state index contributed by atoms with van der Waals surface area (Å²) >= 11 is 0. The number of β-amino-alcohol motifs (C(OH)–C–C–N with tert-alkyl or cyclic N) is 1. The van der Waals surface area contributed by atoms with E-state index in [1.807, 2.05) is 30.3 Å². The predicted octanol–water partition coefficient (Wildman–Crippen LogP) is 3.79. The maximum Gasteiger partial charge on any atom is 0.328 e. The smallest absolute Gasteiger partial charge is 0.328 e. The van der Waals surface area contributed by atoms with Crippen LogP contribution in [-0.2, 0) is 11.3 Å². The van der Waals surface area contributed by atoms with Gasteiger partial charge in [0.25, 0.3) is 0 Å². The summed E-state index contributed by atoms with van der Waals surface area (Å²) in [5.74, 6) is 1.02. The van der Waals surface area contributed by atoms with Crippen LogP contribution < -0.4 is 19.5 Å². The number of methoxy groups -OCH3 is 1. The fraction of sp³-hybridized carbons (Fsp3) is 0.400. The average Bonchev–Trinajstić information content (AvgIpc) is 2.95. The number of aliphatic hydroxyl groups excluding tert-OH is 1. The number of aliphatic hydroxyl groups is 1. The average molecular weight is 534 g/mol. The molecule has 2 aromatic carbocycles. The zero-order valence-corrected chi connectivity index (χ0v) is 22.4. The van der Waals surface area contributed by atoms with Crippen LogP contribution in [0.5, 0.6) is 17.4 Å². The highest BCUT2D eigenvalue weighted by molar-refractivity contribution is 5.94. The highest BCUT2D eigenvalue weighted by Crippen LogP contribution is 2.32. The Morgan fingerprint density at radius 3 is 2.67 bits per heavy atom. The Hall–Kier alpha value is -3.66. The number of rotatable bonds is 9. The molecule has 1 aromatic heterocycles. The Morgan fingerprint density at radius 1 is 1.15 bits per heavy atom. The molecule has 1 saturated heterocycles. The summed E-state index contributed by atoms with van der Waals surface area (Å²) in [5.41, 5.74) is 3.18. The molecule has 9 heteroatoms. The van der Waals surface area contributed by atoms with E-state index >= 15 is 0 Å². The molecule has 1 unspecified atom stereocenters. The number of aromatic nitrogens is 1. The van der Waals surface area contributed by atoms with E-state index in [4.69, 9.17) is 19.3 Å². The van der Waals surface area contributed by atoms with E-state index < -0.39 is 12.1 Å². The Bertz CT molecular complexity index is 1370. The number of carbonyl (C=O) groups is 1. The first-order valence-electron chi connectivity index (χ1n) is 13.3. The van der Waals surface area contributed by atoms with Crippen molar-refractivity contribution in [1.29, 1.82) is 0 Å². The molecule has 3 N–H and O–H groups in total. The van der Waals surface area contributed by atoms with Gasteiger partial charge in [0.15, 0.2) is 11.5 Å². The molecule has 0 saturated carbocycles. The minimum absolute atomic E-state index is 0.00550. The monoisotopic (exact) mass is 533 g/mol. The number of hydrogen-bond acceptors (Lipinski definition) is 8. The number of nitrogens with one attached hydrogen (secondary N) is 1. The predicted molar refractivity (Wildman–Crippen MR) is 148 cm³/mol. The third kappa shape index (κ3) is 6.33. The SMILES string of the molecule is COc1ccc2c(/C=C/C(=O)O)ccc(C(O)CN3CCC(C)(NCc4ccc5c(c4)OCCO5)CC3)c2n1. The van der Waals surface area contributed by atoms with E-state index in [9.17, 15) is 9.90 Å². The van der Waals surface area contributed by atoms with Gasteiger partial charge >= 0.3 is 5.97 Å². The Labute approximate surface area is 228 Å². The molecular formula is C30H35N3O6. The highest BCUT2D eigenvalue weighted by atomic mass is 16.6. The first kappa shape index (κ1) is 26.9. The number of likely N-dealkylation sites (tertiary alicyclic amines) is 1. The van der Waals surface area contributed by atoms with Crippen molar-refractivity contribution in [1.82, 2.24) is 15.2 Å². The summed E-state index contributed by atoms with van der Waals surface area (Å²) in [6.45, 7) is 6.37. The van der Waals surface area contributed by atoms with Crippen LogP contribution in [0.3, 0.4) is 0 Å². The van der Waals surface area contributed by atoms with Crippen LogP contribution in [0.15, 0.2) is 48.5 Å². The van der Waals surface area contributed by atoms with E-state index in [1.165, 1.54) is 0 Å². The van der Waals surface area contributed by atoms with E-state index in [1.54, 1.807) is 19.3 Å². The van der Waals surface area contributed by atoms with E-state index in [-0.39, 0.29) is 5.54 Å². The van der Waals surface area contributed by atoms with Gasteiger partial charge in [0.2, 0.25) is 5.88 Å². The van der Waals surface area contributed by atoms with Crippen molar-refractivity contribution in [3.8, 4) is 17.4 Å². The Kier molecular flexibility index (Phi) is 8.02. The summed E-state index contributed by atoms with van der Waals surface area (Å²) in [5, 5.41) is 24.8. The first-order valence-corrected chi connectivity index (χ1v) is 13.3. The number of nitrogens with zero attached hydrogens (tertiary/aromatic N) is 2. The van der Waals surface area contributed by atoms with Crippen molar-refractivity contribution < 1.29 is 29.2 Å². The zero-order valence-electron chi connectivity index (χ0n) is 22.4. The number of ether oxygens (including phenoxy) is 3. The summed E-state index contributed by atoms with van der Waals surface area (Å²) in [4.78, 5) is 17.9. The third-order valence-electron chi connectivity index (χ3n) is 7.59. The minimum atomic E-state index is -1.02. The van der Waals surface area contributed by atoms with Crippen LogP contribution in [-0.4, -0.2) is 71.6 Å². The number of piperidine rings is 1. The summed E-state index contributed by atoms with van der Waals surface area (Å²) in [6.07, 6.45) is 3.80. The quantitative estimate of drug-likeness (QED) is 0.354. The van der Waals surface area contributed by atoms with Gasteiger partial charge in [0.1, 0.15) is 13.2 Å². The number of hydrogen-bond donors (Lipinski definition) is 3. The number of carboxylic acids is 1. The Morgan fingerprint density at radius 2 is 1.92 bits per heavy atom. The van der Waals surface area contributed by atoms with Crippen LogP contribution >= 0.6 is 0 Å². The second kappa shape index (κ2) is 11.6. The van der Waals surface area contributed by atoms with Crippen molar-refractivity contribution in [3.63, 3.8) is 0 Å². The fourth-order valence-electron chi connectivity index (χ4n) is 5.19. The molecule has 1 fully saturated rings. The van der Waals surface area contributed by atoms with E-state index in [2.05, 4.69) is 28.2 Å². The lowest BCUT2D eigenvalue weighted by Gasteiger charge is -2.41. The maximum atomic E-state index is 11.3. The lowest BCUT2D eigenvalue weighted by atomic mass is 9.89. The van der Waals surface area contributed by atoms with Crippen molar-refractivity contribution in [2.75, 3.05) is 40.0 Å². The molecule has 2 aliphatic heterocycles. The molecular weight excluding hydrogens is 498 g/mol. The lowest BCUT2D eigenvalue weighted by Crippen LogP contribution is -2.51. The van der Waals surface area contributed by atoms with Crippen LogP contribution in [0.1, 0.15) is 42.6 Å². The Balaban J connectivity index is 1.22. The van der Waals surface area contributed by atoms with E-state index in [0.29, 0.717) is 36.7 Å². The molecule has 0 radical (unpaired) electrons. The molecule has 39 heavy (non-hydrogen) atoms. The number of benzene rings is 2. The third-order valence-corrected chi connectivity index (χ3v) is 7.59. The maximum absolute atomic E-state index is 11.3. The molecule has 0 amide bonds. The summed E-state index contributed by atoms with van der Waals surface area (Å²) in [7, 11) is 1.55. The molecule has 1 atom stereocenters. The van der Waals surface area contributed by atoms with E-state index in [0.717, 1.165) is 66.6 Å². The van der Waals surface area contributed by atoms with Gasteiger partial charge in [-0.2, -0.15) is 0 Å². The van der Waals surface area contributed by atoms with Crippen LogP contribution in [0.2, 0.25) is 0 Å². The van der Waals surface area contributed by atoms with Gasteiger partial charge < -0.3 is 34.6 Å². The standard InChI is InChI=1S/C30H35N3O6/c1-30(31-18-20-3-8-25-26(17-20)39-16-15-38-25)11-13-33(14-12-30)19-24(34)23-6-4-21(5-10-28(35)36)22-7-9-27(37-2)32-29(22)23/h3-10,17,24,31,34H,11-16,18-19H2,1-2H3,(H,35,36)/b10-5+. The van der Waals surface area contributed by atoms with Gasteiger partial charge in [0.05, 0.1) is 18.7 Å². The summed E-state index contributed by atoms with van der Waals surface area (Å²) in [6, 6.07) is 13.3. The molecule has 3 heterocycles. The molecule has 2 aliphatic rings. The topological polar surface area (TPSA) is 113 Å². The number of aliphatic carboxylic acids is 1. The van der Waals surface area contributed by atoms with Gasteiger partial charge in [-0.3, -0.25) is 0 Å². The second-order valence-electron chi connectivity index (χ2n) is 10.4. The summed E-state index contributed by atoms with van der Waals surface area (Å²) < 4.78 is 16.7. The number of fused-ring (bicyclic) bond motifs is 2. The molecule has 5 rings (SSSR count). The molecule has 0 aliphatic carbocycles. The van der Waals surface area contributed by atoms with Gasteiger partial charge in [-0.15, -0.1) is 0 Å². The van der Waals surface area contributed by atoms with Gasteiger partial charge in [-0.1, -0.05) is 18.2 Å². The van der Waals surface area contributed by atoms with Crippen LogP contribution in [0.4, 0.5) is 0 Å². The lowest BCUT2D eigenvalue weighted by molar-refractivity contribution is -0.131. The number of pyridine rings is 1. The molecule has 206 valence electrons. The van der Waals surface area contributed by atoms with Crippen LogP contribution in [0, 0.1) is 0 Å². The molecule has 0 spiro atoms. The zero-order chi connectivity index (χ0) is 27.4. The van der Waals surface area contributed by atoms with Gasteiger partial charge in [-0.05, 0) is 68.3 Å². The molecule has 9 nitrogen and oxygen atoms in total.